The summed E-state index contributed by atoms with van der Waals surface area (Å²) in [6, 6.07) is 8.10. The second kappa shape index (κ2) is 4.80. The van der Waals surface area contributed by atoms with Crippen LogP contribution in [0.25, 0.3) is 0 Å². The highest BCUT2D eigenvalue weighted by atomic mass is 16.5. The first kappa shape index (κ1) is 10.8. The molecule has 0 saturated carbocycles. The number of carbonyl (C=O) groups is 1. The van der Waals surface area contributed by atoms with E-state index in [1.54, 1.807) is 0 Å². The summed E-state index contributed by atoms with van der Waals surface area (Å²) in [6.45, 7) is 3.94. The molecule has 0 aliphatic rings. The monoisotopic (exact) mass is 192 g/mol. The van der Waals surface area contributed by atoms with Crippen molar-refractivity contribution in [3.05, 3.63) is 35.4 Å². The molecule has 0 spiro atoms. The second-order valence-electron chi connectivity index (χ2n) is 3.55. The minimum absolute atomic E-state index is 0.0684. The molecule has 2 heteroatoms. The first-order chi connectivity index (χ1) is 6.65. The van der Waals surface area contributed by atoms with Crippen molar-refractivity contribution in [3.8, 4) is 0 Å². The van der Waals surface area contributed by atoms with Gasteiger partial charge in [-0.25, -0.2) is 0 Å². The SMILES string of the molecule is COC(=O)C(C)Cc1ccccc1C. The smallest absolute Gasteiger partial charge is 0.308 e. The van der Waals surface area contributed by atoms with E-state index in [1.807, 2.05) is 19.1 Å². The molecule has 0 aliphatic heterocycles. The first-order valence-electron chi connectivity index (χ1n) is 4.77. The van der Waals surface area contributed by atoms with Gasteiger partial charge in [-0.3, -0.25) is 4.79 Å². The van der Waals surface area contributed by atoms with Crippen LogP contribution in [-0.2, 0) is 16.0 Å². The van der Waals surface area contributed by atoms with Crippen LogP contribution in [0.15, 0.2) is 24.3 Å². The van der Waals surface area contributed by atoms with Crippen LogP contribution in [0.1, 0.15) is 18.1 Å². The third-order valence-electron chi connectivity index (χ3n) is 2.39. The van der Waals surface area contributed by atoms with Crippen LogP contribution in [0.3, 0.4) is 0 Å². The number of carbonyl (C=O) groups excluding carboxylic acids is 1. The maximum Gasteiger partial charge on any atom is 0.308 e. The summed E-state index contributed by atoms with van der Waals surface area (Å²) in [6.07, 6.45) is 0.749. The Morgan fingerprint density at radius 1 is 1.43 bits per heavy atom. The maximum absolute atomic E-state index is 11.2. The molecular formula is C12H16O2. The number of benzene rings is 1. The Bertz CT molecular complexity index is 318. The van der Waals surface area contributed by atoms with Crippen LogP contribution in [0.2, 0.25) is 0 Å². The molecule has 0 bridgehead atoms. The van der Waals surface area contributed by atoms with Gasteiger partial charge in [-0.1, -0.05) is 31.2 Å². The zero-order valence-electron chi connectivity index (χ0n) is 8.91. The number of aryl methyl sites for hydroxylation is 1. The van der Waals surface area contributed by atoms with E-state index in [9.17, 15) is 4.79 Å². The summed E-state index contributed by atoms with van der Waals surface area (Å²) in [5, 5.41) is 0. The Balaban J connectivity index is 2.69. The largest absolute Gasteiger partial charge is 0.469 e. The molecule has 2 nitrogen and oxygen atoms in total. The van der Waals surface area contributed by atoms with Crippen molar-refractivity contribution in [1.82, 2.24) is 0 Å². The lowest BCUT2D eigenvalue weighted by Gasteiger charge is -2.10. The predicted molar refractivity (Wildman–Crippen MR) is 56.1 cm³/mol. The molecule has 0 saturated heterocycles. The van der Waals surface area contributed by atoms with Crippen LogP contribution >= 0.6 is 0 Å². The topological polar surface area (TPSA) is 26.3 Å². The van der Waals surface area contributed by atoms with E-state index >= 15 is 0 Å². The summed E-state index contributed by atoms with van der Waals surface area (Å²) in [7, 11) is 1.43. The van der Waals surface area contributed by atoms with E-state index in [2.05, 4.69) is 23.8 Å². The number of ether oxygens (including phenoxy) is 1. The fourth-order valence-corrected chi connectivity index (χ4v) is 1.45. The molecule has 1 aromatic carbocycles. The van der Waals surface area contributed by atoms with E-state index in [0.29, 0.717) is 0 Å². The van der Waals surface area contributed by atoms with Crippen LogP contribution in [0.5, 0.6) is 0 Å². The van der Waals surface area contributed by atoms with Gasteiger partial charge in [0.05, 0.1) is 13.0 Å². The quantitative estimate of drug-likeness (QED) is 0.687. The van der Waals surface area contributed by atoms with Gasteiger partial charge in [0.2, 0.25) is 0 Å². The van der Waals surface area contributed by atoms with Gasteiger partial charge in [0.15, 0.2) is 0 Å². The fourth-order valence-electron chi connectivity index (χ4n) is 1.45. The molecule has 0 fully saturated rings. The normalized spacial score (nSPS) is 12.2. The average molecular weight is 192 g/mol. The molecule has 1 rings (SSSR count). The summed E-state index contributed by atoms with van der Waals surface area (Å²) < 4.78 is 4.69. The number of rotatable bonds is 3. The van der Waals surface area contributed by atoms with Gasteiger partial charge >= 0.3 is 5.97 Å². The van der Waals surface area contributed by atoms with E-state index < -0.39 is 0 Å². The van der Waals surface area contributed by atoms with Crippen LogP contribution in [0, 0.1) is 12.8 Å². The molecule has 1 unspecified atom stereocenters. The first-order valence-corrected chi connectivity index (χ1v) is 4.77. The number of methoxy groups -OCH3 is 1. The highest BCUT2D eigenvalue weighted by Crippen LogP contribution is 2.13. The van der Waals surface area contributed by atoms with E-state index in [1.165, 1.54) is 18.2 Å². The van der Waals surface area contributed by atoms with Gasteiger partial charge < -0.3 is 4.74 Å². The summed E-state index contributed by atoms with van der Waals surface area (Å²) in [5.74, 6) is -0.214. The Kier molecular flexibility index (Phi) is 3.69. The van der Waals surface area contributed by atoms with E-state index in [0.717, 1.165) is 6.42 Å². The van der Waals surface area contributed by atoms with Gasteiger partial charge in [-0.05, 0) is 24.5 Å². The standard InChI is InChI=1S/C12H16O2/c1-9-6-4-5-7-11(9)8-10(2)12(13)14-3/h4-7,10H,8H2,1-3H3. The third kappa shape index (κ3) is 2.59. The molecule has 76 valence electrons. The van der Waals surface area contributed by atoms with Crippen molar-refractivity contribution >= 4 is 5.97 Å². The second-order valence-corrected chi connectivity index (χ2v) is 3.55. The summed E-state index contributed by atoms with van der Waals surface area (Å²) in [5.41, 5.74) is 2.44. The lowest BCUT2D eigenvalue weighted by Crippen LogP contribution is -2.15. The number of esters is 1. The van der Waals surface area contributed by atoms with Gasteiger partial charge in [0.25, 0.3) is 0 Å². The molecule has 0 N–H and O–H groups in total. The highest BCUT2D eigenvalue weighted by molar-refractivity contribution is 5.72. The van der Waals surface area contributed by atoms with Gasteiger partial charge in [-0.15, -0.1) is 0 Å². The Morgan fingerprint density at radius 2 is 2.07 bits per heavy atom. The Labute approximate surface area is 84.9 Å². The molecule has 0 aliphatic carbocycles. The fraction of sp³-hybridized carbons (Fsp3) is 0.417. The minimum Gasteiger partial charge on any atom is -0.469 e. The van der Waals surface area contributed by atoms with Gasteiger partial charge in [0.1, 0.15) is 0 Å². The van der Waals surface area contributed by atoms with Gasteiger partial charge in [-0.2, -0.15) is 0 Å². The van der Waals surface area contributed by atoms with Crippen molar-refractivity contribution in [2.45, 2.75) is 20.3 Å². The highest BCUT2D eigenvalue weighted by Gasteiger charge is 2.14. The molecule has 0 heterocycles. The maximum atomic E-state index is 11.2. The van der Waals surface area contributed by atoms with Crippen molar-refractivity contribution in [3.63, 3.8) is 0 Å². The lowest BCUT2D eigenvalue weighted by molar-refractivity contribution is -0.144. The number of hydrogen-bond donors (Lipinski definition) is 0. The zero-order chi connectivity index (χ0) is 10.6. The Morgan fingerprint density at radius 3 is 2.64 bits per heavy atom. The zero-order valence-corrected chi connectivity index (χ0v) is 8.91. The van der Waals surface area contributed by atoms with Gasteiger partial charge in [0, 0.05) is 0 Å². The molecule has 0 aromatic heterocycles. The predicted octanol–water partition coefficient (Wildman–Crippen LogP) is 2.35. The van der Waals surface area contributed by atoms with E-state index in [-0.39, 0.29) is 11.9 Å². The summed E-state index contributed by atoms with van der Waals surface area (Å²) >= 11 is 0. The van der Waals surface area contributed by atoms with Crippen molar-refractivity contribution in [2.24, 2.45) is 5.92 Å². The summed E-state index contributed by atoms with van der Waals surface area (Å²) in [4.78, 5) is 11.2. The lowest BCUT2D eigenvalue weighted by atomic mass is 9.98. The van der Waals surface area contributed by atoms with Crippen molar-refractivity contribution < 1.29 is 9.53 Å². The minimum atomic E-state index is -0.145. The number of hydrogen-bond acceptors (Lipinski definition) is 2. The van der Waals surface area contributed by atoms with Crippen molar-refractivity contribution in [1.29, 1.82) is 0 Å². The van der Waals surface area contributed by atoms with E-state index in [4.69, 9.17) is 0 Å². The third-order valence-corrected chi connectivity index (χ3v) is 2.39. The molecule has 1 aromatic rings. The molecule has 14 heavy (non-hydrogen) atoms. The van der Waals surface area contributed by atoms with Crippen LogP contribution in [-0.4, -0.2) is 13.1 Å². The van der Waals surface area contributed by atoms with Crippen LogP contribution < -0.4 is 0 Å². The molecule has 1 atom stereocenters. The molecule has 0 amide bonds. The van der Waals surface area contributed by atoms with Crippen molar-refractivity contribution in [2.75, 3.05) is 7.11 Å². The Hall–Kier alpha value is -1.31. The molecular weight excluding hydrogens is 176 g/mol. The average Bonchev–Trinajstić information content (AvgIpc) is 2.20. The molecule has 0 radical (unpaired) electrons. The van der Waals surface area contributed by atoms with Crippen LogP contribution in [0.4, 0.5) is 0 Å².